The second-order valence-corrected chi connectivity index (χ2v) is 4.55. The highest BCUT2D eigenvalue weighted by atomic mass is 16.1. The number of carbonyl (C=O) groups excluding carboxylic acids is 1. The number of amides is 1. The lowest BCUT2D eigenvalue weighted by molar-refractivity contribution is -0.118. The van der Waals surface area contributed by atoms with Crippen molar-refractivity contribution in [3.05, 3.63) is 6.20 Å². The van der Waals surface area contributed by atoms with Gasteiger partial charge in [0.05, 0.1) is 6.20 Å². The maximum absolute atomic E-state index is 10.7. The van der Waals surface area contributed by atoms with Crippen LogP contribution in [0.4, 0.5) is 11.8 Å². The molecule has 0 aromatic carbocycles. The van der Waals surface area contributed by atoms with Gasteiger partial charge in [0.1, 0.15) is 0 Å². The Kier molecular flexibility index (Phi) is 4.88. The fourth-order valence-electron chi connectivity index (χ4n) is 1.93. The van der Waals surface area contributed by atoms with Crippen molar-refractivity contribution < 1.29 is 4.79 Å². The van der Waals surface area contributed by atoms with Gasteiger partial charge < -0.3 is 15.1 Å². The zero-order chi connectivity index (χ0) is 13.5. The van der Waals surface area contributed by atoms with E-state index in [1.165, 1.54) is 0 Å². The lowest BCUT2D eigenvalue weighted by Gasteiger charge is -2.32. The number of piperazine rings is 1. The summed E-state index contributed by atoms with van der Waals surface area (Å²) in [5.74, 6) is 1.39. The molecule has 1 fully saturated rings. The molecule has 1 aliphatic rings. The molecule has 0 aliphatic carbocycles. The fourth-order valence-corrected chi connectivity index (χ4v) is 1.93. The van der Waals surface area contributed by atoms with Crippen LogP contribution in [0.25, 0.3) is 0 Å². The molecule has 0 atom stereocenters. The Morgan fingerprint density at radius 1 is 1.37 bits per heavy atom. The SMILES string of the molecule is CCCCNc1cnnc(N2CCN(C=O)CC2)n1. The van der Waals surface area contributed by atoms with E-state index in [2.05, 4.69) is 32.3 Å². The van der Waals surface area contributed by atoms with Gasteiger partial charge >= 0.3 is 0 Å². The van der Waals surface area contributed by atoms with Gasteiger partial charge in [-0.3, -0.25) is 4.79 Å². The number of nitrogens with zero attached hydrogens (tertiary/aromatic N) is 5. The topological polar surface area (TPSA) is 74.2 Å². The molecule has 1 saturated heterocycles. The van der Waals surface area contributed by atoms with E-state index in [0.29, 0.717) is 19.0 Å². The summed E-state index contributed by atoms with van der Waals surface area (Å²) >= 11 is 0. The van der Waals surface area contributed by atoms with Gasteiger partial charge in [-0.15, -0.1) is 5.10 Å². The molecule has 104 valence electrons. The summed E-state index contributed by atoms with van der Waals surface area (Å²) in [6.45, 7) is 5.96. The minimum atomic E-state index is 0.632. The molecule has 1 aliphatic heterocycles. The molecule has 2 rings (SSSR count). The van der Waals surface area contributed by atoms with E-state index in [9.17, 15) is 4.79 Å². The van der Waals surface area contributed by atoms with Gasteiger partial charge in [-0.25, -0.2) is 0 Å². The van der Waals surface area contributed by atoms with Crippen LogP contribution in [-0.2, 0) is 4.79 Å². The van der Waals surface area contributed by atoms with Gasteiger partial charge in [0.2, 0.25) is 12.4 Å². The van der Waals surface area contributed by atoms with Gasteiger partial charge in [0, 0.05) is 32.7 Å². The molecule has 0 unspecified atom stereocenters. The van der Waals surface area contributed by atoms with Crippen molar-refractivity contribution in [3.8, 4) is 0 Å². The van der Waals surface area contributed by atoms with E-state index < -0.39 is 0 Å². The average Bonchev–Trinajstić information content (AvgIpc) is 2.48. The number of hydrogen-bond acceptors (Lipinski definition) is 6. The first-order valence-electron chi connectivity index (χ1n) is 6.71. The molecule has 0 saturated carbocycles. The highest BCUT2D eigenvalue weighted by molar-refractivity contribution is 5.48. The summed E-state index contributed by atoms with van der Waals surface area (Å²) in [4.78, 5) is 18.9. The van der Waals surface area contributed by atoms with Crippen LogP contribution in [-0.4, -0.2) is 59.2 Å². The van der Waals surface area contributed by atoms with Crippen LogP contribution < -0.4 is 10.2 Å². The Hall–Kier alpha value is -1.92. The lowest BCUT2D eigenvalue weighted by atomic mass is 10.3. The molecular formula is C12H20N6O. The molecular weight excluding hydrogens is 244 g/mol. The van der Waals surface area contributed by atoms with Crippen molar-refractivity contribution in [2.45, 2.75) is 19.8 Å². The molecule has 1 N–H and O–H groups in total. The van der Waals surface area contributed by atoms with E-state index in [1.807, 2.05) is 0 Å². The average molecular weight is 264 g/mol. The molecule has 7 nitrogen and oxygen atoms in total. The number of carbonyl (C=O) groups is 1. The number of aromatic nitrogens is 3. The molecule has 1 aromatic rings. The second-order valence-electron chi connectivity index (χ2n) is 4.55. The van der Waals surface area contributed by atoms with Crippen molar-refractivity contribution in [1.82, 2.24) is 20.1 Å². The normalized spacial score (nSPS) is 15.4. The molecule has 0 bridgehead atoms. The van der Waals surface area contributed by atoms with Crippen molar-refractivity contribution >= 4 is 18.2 Å². The first-order chi connectivity index (χ1) is 9.33. The monoisotopic (exact) mass is 264 g/mol. The van der Waals surface area contributed by atoms with E-state index in [0.717, 1.165) is 44.7 Å². The van der Waals surface area contributed by atoms with E-state index in [-0.39, 0.29) is 0 Å². The van der Waals surface area contributed by atoms with Crippen LogP contribution in [0.15, 0.2) is 6.20 Å². The number of nitrogens with one attached hydrogen (secondary N) is 1. The number of anilines is 2. The molecule has 2 heterocycles. The number of rotatable bonds is 6. The maximum Gasteiger partial charge on any atom is 0.247 e. The molecule has 0 spiro atoms. The van der Waals surface area contributed by atoms with Gasteiger partial charge in [0.25, 0.3) is 0 Å². The molecule has 1 aromatic heterocycles. The maximum atomic E-state index is 10.7. The van der Waals surface area contributed by atoms with Crippen LogP contribution in [0, 0.1) is 0 Å². The van der Waals surface area contributed by atoms with Gasteiger partial charge in [-0.1, -0.05) is 13.3 Å². The third kappa shape index (κ3) is 3.77. The third-order valence-electron chi connectivity index (χ3n) is 3.13. The van der Waals surface area contributed by atoms with Gasteiger partial charge in [0.15, 0.2) is 5.82 Å². The Morgan fingerprint density at radius 2 is 2.16 bits per heavy atom. The Labute approximate surface area is 113 Å². The van der Waals surface area contributed by atoms with Crippen LogP contribution in [0.5, 0.6) is 0 Å². The number of unbranched alkanes of at least 4 members (excludes halogenated alkanes) is 1. The van der Waals surface area contributed by atoms with E-state index >= 15 is 0 Å². The van der Waals surface area contributed by atoms with E-state index in [4.69, 9.17) is 0 Å². The van der Waals surface area contributed by atoms with Gasteiger partial charge in [-0.2, -0.15) is 10.1 Å². The largest absolute Gasteiger partial charge is 0.369 e. The second kappa shape index (κ2) is 6.86. The summed E-state index contributed by atoms with van der Waals surface area (Å²) in [5, 5.41) is 11.3. The quantitative estimate of drug-likeness (QED) is 0.591. The highest BCUT2D eigenvalue weighted by Crippen LogP contribution is 2.11. The first-order valence-corrected chi connectivity index (χ1v) is 6.71. The third-order valence-corrected chi connectivity index (χ3v) is 3.13. The Bertz CT molecular complexity index is 405. The van der Waals surface area contributed by atoms with Crippen LogP contribution in [0.3, 0.4) is 0 Å². The molecule has 0 radical (unpaired) electrons. The molecule has 1 amide bonds. The Morgan fingerprint density at radius 3 is 2.84 bits per heavy atom. The Balaban J connectivity index is 1.93. The van der Waals surface area contributed by atoms with Gasteiger partial charge in [-0.05, 0) is 6.42 Å². The fraction of sp³-hybridized carbons (Fsp3) is 0.667. The van der Waals surface area contributed by atoms with Crippen LogP contribution >= 0.6 is 0 Å². The molecule has 19 heavy (non-hydrogen) atoms. The van der Waals surface area contributed by atoms with Crippen molar-refractivity contribution in [2.24, 2.45) is 0 Å². The summed E-state index contributed by atoms with van der Waals surface area (Å²) < 4.78 is 0. The van der Waals surface area contributed by atoms with E-state index in [1.54, 1.807) is 11.1 Å². The zero-order valence-corrected chi connectivity index (χ0v) is 11.2. The van der Waals surface area contributed by atoms with Crippen molar-refractivity contribution in [3.63, 3.8) is 0 Å². The summed E-state index contributed by atoms with van der Waals surface area (Å²) in [5.41, 5.74) is 0. The smallest absolute Gasteiger partial charge is 0.247 e. The minimum absolute atomic E-state index is 0.632. The van der Waals surface area contributed by atoms with Crippen molar-refractivity contribution in [1.29, 1.82) is 0 Å². The predicted octanol–water partition coefficient (Wildman–Crippen LogP) is 0.362. The zero-order valence-electron chi connectivity index (χ0n) is 11.2. The number of hydrogen-bond donors (Lipinski definition) is 1. The summed E-state index contributed by atoms with van der Waals surface area (Å²) in [7, 11) is 0. The summed E-state index contributed by atoms with van der Waals surface area (Å²) in [6, 6.07) is 0. The minimum Gasteiger partial charge on any atom is -0.369 e. The first kappa shape index (κ1) is 13.5. The molecule has 7 heteroatoms. The standard InChI is InChI=1S/C12H20N6O/c1-2-3-4-13-11-9-14-16-12(15-11)18-7-5-17(10-19)6-8-18/h9-10H,2-8H2,1H3,(H,13,15,16). The lowest BCUT2D eigenvalue weighted by Crippen LogP contribution is -2.46. The van der Waals surface area contributed by atoms with Crippen LogP contribution in [0.1, 0.15) is 19.8 Å². The highest BCUT2D eigenvalue weighted by Gasteiger charge is 2.18. The predicted molar refractivity (Wildman–Crippen MR) is 73.1 cm³/mol. The van der Waals surface area contributed by atoms with Crippen LogP contribution in [0.2, 0.25) is 0 Å². The summed E-state index contributed by atoms with van der Waals surface area (Å²) in [6.07, 6.45) is 4.78. The van der Waals surface area contributed by atoms with Crippen molar-refractivity contribution in [2.75, 3.05) is 42.9 Å².